The third-order valence-electron chi connectivity index (χ3n) is 5.73. The molecule has 2 aromatic rings. The molecule has 0 fully saturated rings. The Kier molecular flexibility index (Phi) is 4.92. The molecule has 5 rings (SSSR count). The highest BCUT2D eigenvalue weighted by molar-refractivity contribution is 5.73. The molecule has 3 aliphatic rings. The number of hydrogen-bond donors (Lipinski definition) is 1. The summed E-state index contributed by atoms with van der Waals surface area (Å²) >= 11 is 0. The summed E-state index contributed by atoms with van der Waals surface area (Å²) < 4.78 is 5.91. The van der Waals surface area contributed by atoms with Gasteiger partial charge in [0, 0.05) is 24.9 Å². The highest BCUT2D eigenvalue weighted by Gasteiger charge is 2.28. The number of benzene rings is 1. The van der Waals surface area contributed by atoms with Crippen molar-refractivity contribution in [2.24, 2.45) is 0 Å². The van der Waals surface area contributed by atoms with Gasteiger partial charge in [-0.3, -0.25) is 0 Å². The molecule has 0 atom stereocenters. The van der Waals surface area contributed by atoms with Crippen LogP contribution in [-0.2, 0) is 4.74 Å². The van der Waals surface area contributed by atoms with Crippen molar-refractivity contribution in [3.05, 3.63) is 77.0 Å². The Hall–Kier alpha value is -3.63. The number of nitriles is 1. The summed E-state index contributed by atoms with van der Waals surface area (Å²) in [5, 5.41) is 12.4. The molecule has 155 valence electrons. The van der Waals surface area contributed by atoms with Crippen LogP contribution >= 0.6 is 0 Å². The molecule has 0 bridgehead atoms. The zero-order chi connectivity index (χ0) is 21.4. The maximum atomic E-state index is 9.10. The lowest BCUT2D eigenvalue weighted by molar-refractivity contribution is 0.146. The maximum Gasteiger partial charge on any atom is 0.229 e. The predicted molar refractivity (Wildman–Crippen MR) is 121 cm³/mol. The normalized spacial score (nSPS) is 17.6. The van der Waals surface area contributed by atoms with Crippen molar-refractivity contribution >= 4 is 23.1 Å². The number of ether oxygens (including phenoxy) is 1. The Labute approximate surface area is 182 Å². The second-order valence-electron chi connectivity index (χ2n) is 7.90. The number of fused-ring (bicyclic) bond motifs is 1. The molecule has 0 saturated carbocycles. The van der Waals surface area contributed by atoms with Crippen molar-refractivity contribution in [1.82, 2.24) is 9.97 Å². The molecule has 2 heterocycles. The minimum atomic E-state index is 0.417. The summed E-state index contributed by atoms with van der Waals surface area (Å²) in [6.07, 6.45) is 12.7. The van der Waals surface area contributed by atoms with Gasteiger partial charge in [-0.05, 0) is 55.2 Å². The molecular weight excluding hydrogens is 388 g/mol. The number of nitrogens with one attached hydrogen (secondary N) is 1. The Bertz CT molecular complexity index is 1170. The Morgan fingerprint density at radius 1 is 1.16 bits per heavy atom. The molecule has 1 N–H and O–H groups in total. The van der Waals surface area contributed by atoms with E-state index in [1.54, 1.807) is 6.07 Å². The summed E-state index contributed by atoms with van der Waals surface area (Å²) in [5.41, 5.74) is 7.19. The first-order valence-corrected chi connectivity index (χ1v) is 10.3. The van der Waals surface area contributed by atoms with Crippen molar-refractivity contribution in [3.8, 4) is 6.07 Å². The zero-order valence-corrected chi connectivity index (χ0v) is 17.6. The Balaban J connectivity index is 1.48. The SMILES string of the molecule is Cc1cc(C#N)ccc1Nc1ncc2c(n1)N(C1=CC3=C([CH]1)CC=CC3)COCN2C. The molecule has 7 nitrogen and oxygen atoms in total. The fourth-order valence-electron chi connectivity index (χ4n) is 4.03. The van der Waals surface area contributed by atoms with Gasteiger partial charge in [-0.1, -0.05) is 17.7 Å². The third-order valence-corrected chi connectivity index (χ3v) is 5.73. The van der Waals surface area contributed by atoms with Gasteiger partial charge in [0.1, 0.15) is 19.1 Å². The molecular formula is C24H23N6O. The van der Waals surface area contributed by atoms with E-state index in [4.69, 9.17) is 15.0 Å². The number of aromatic nitrogens is 2. The molecule has 1 radical (unpaired) electrons. The van der Waals surface area contributed by atoms with Gasteiger partial charge in [-0.25, -0.2) is 4.98 Å². The van der Waals surface area contributed by atoms with Crippen LogP contribution in [0.1, 0.15) is 24.0 Å². The maximum absolute atomic E-state index is 9.10. The zero-order valence-electron chi connectivity index (χ0n) is 17.6. The average molecular weight is 411 g/mol. The highest BCUT2D eigenvalue weighted by atomic mass is 16.5. The number of nitrogens with zero attached hydrogens (tertiary/aromatic N) is 5. The lowest BCUT2D eigenvalue weighted by Gasteiger charge is -2.25. The van der Waals surface area contributed by atoms with Crippen LogP contribution in [-0.4, -0.2) is 30.5 Å². The second kappa shape index (κ2) is 7.89. The Morgan fingerprint density at radius 2 is 2.00 bits per heavy atom. The van der Waals surface area contributed by atoms with Crippen LogP contribution in [0.5, 0.6) is 0 Å². The smallest absolute Gasteiger partial charge is 0.229 e. The van der Waals surface area contributed by atoms with Crippen LogP contribution in [0.15, 0.2) is 59.5 Å². The van der Waals surface area contributed by atoms with Gasteiger partial charge in [-0.2, -0.15) is 10.2 Å². The van der Waals surface area contributed by atoms with E-state index >= 15 is 0 Å². The summed E-state index contributed by atoms with van der Waals surface area (Å²) in [4.78, 5) is 13.5. The van der Waals surface area contributed by atoms with Gasteiger partial charge < -0.3 is 19.9 Å². The van der Waals surface area contributed by atoms with Crippen molar-refractivity contribution in [2.75, 3.05) is 35.6 Å². The van der Waals surface area contributed by atoms with E-state index in [1.807, 2.05) is 37.2 Å². The molecule has 2 aliphatic carbocycles. The van der Waals surface area contributed by atoms with Gasteiger partial charge in [0.05, 0.1) is 17.8 Å². The van der Waals surface area contributed by atoms with Crippen LogP contribution < -0.4 is 15.1 Å². The van der Waals surface area contributed by atoms with Crippen LogP contribution in [0.4, 0.5) is 23.1 Å². The van der Waals surface area contributed by atoms with Crippen molar-refractivity contribution in [3.63, 3.8) is 0 Å². The number of allylic oxidation sites excluding steroid dienone is 5. The topological polar surface area (TPSA) is 77.3 Å². The highest BCUT2D eigenvalue weighted by Crippen LogP contribution is 2.39. The largest absolute Gasteiger partial charge is 0.347 e. The van der Waals surface area contributed by atoms with Crippen molar-refractivity contribution < 1.29 is 4.74 Å². The first kappa shape index (κ1) is 19.3. The van der Waals surface area contributed by atoms with E-state index in [0.29, 0.717) is 25.0 Å². The van der Waals surface area contributed by atoms with Crippen LogP contribution in [0, 0.1) is 24.7 Å². The molecule has 31 heavy (non-hydrogen) atoms. The quantitative estimate of drug-likeness (QED) is 0.753. The van der Waals surface area contributed by atoms with Crippen molar-refractivity contribution in [2.45, 2.75) is 19.8 Å². The average Bonchev–Trinajstić information content (AvgIpc) is 3.14. The molecule has 0 unspecified atom stereocenters. The fourth-order valence-corrected chi connectivity index (χ4v) is 4.03. The monoisotopic (exact) mass is 411 g/mol. The predicted octanol–water partition coefficient (Wildman–Crippen LogP) is 4.34. The van der Waals surface area contributed by atoms with Gasteiger partial charge in [0.15, 0.2) is 5.82 Å². The van der Waals surface area contributed by atoms with E-state index in [9.17, 15) is 0 Å². The van der Waals surface area contributed by atoms with Gasteiger partial charge >= 0.3 is 0 Å². The van der Waals surface area contributed by atoms with E-state index in [0.717, 1.165) is 41.3 Å². The summed E-state index contributed by atoms with van der Waals surface area (Å²) in [5.74, 6) is 1.31. The van der Waals surface area contributed by atoms with Gasteiger partial charge in [-0.15, -0.1) is 0 Å². The number of anilines is 4. The minimum absolute atomic E-state index is 0.417. The van der Waals surface area contributed by atoms with Crippen molar-refractivity contribution in [1.29, 1.82) is 5.26 Å². The lowest BCUT2D eigenvalue weighted by Crippen LogP contribution is -2.25. The van der Waals surface area contributed by atoms with Gasteiger partial charge in [0.2, 0.25) is 5.95 Å². The summed E-state index contributed by atoms with van der Waals surface area (Å²) in [7, 11) is 1.98. The minimum Gasteiger partial charge on any atom is -0.347 e. The van der Waals surface area contributed by atoms with Crippen LogP contribution in [0.3, 0.4) is 0 Å². The van der Waals surface area contributed by atoms with Gasteiger partial charge in [0.25, 0.3) is 0 Å². The van der Waals surface area contributed by atoms with E-state index < -0.39 is 0 Å². The standard InChI is InChI=1S/C24H23N6O/c1-16-9-17(12-25)7-8-21(16)27-24-26-13-22-23(28-24)30(15-31-14-29(22)2)20-10-18-5-3-4-6-19(18)11-20/h3-4,7-11,13H,5-6,14-15H2,1-2H3,(H,26,27,28). The summed E-state index contributed by atoms with van der Waals surface area (Å²) in [6.45, 7) is 2.85. The third kappa shape index (κ3) is 3.66. The van der Waals surface area contributed by atoms with E-state index in [-0.39, 0.29) is 0 Å². The molecule has 0 amide bonds. The Morgan fingerprint density at radius 3 is 2.77 bits per heavy atom. The first-order valence-electron chi connectivity index (χ1n) is 10.3. The number of rotatable bonds is 3. The lowest BCUT2D eigenvalue weighted by atomic mass is 10.00. The number of aryl methyl sites for hydroxylation is 1. The van der Waals surface area contributed by atoms with E-state index in [1.165, 1.54) is 11.1 Å². The summed E-state index contributed by atoms with van der Waals surface area (Å²) in [6, 6.07) is 7.69. The van der Waals surface area contributed by atoms with Crippen LogP contribution in [0.25, 0.3) is 0 Å². The van der Waals surface area contributed by atoms with Crippen LogP contribution in [0.2, 0.25) is 0 Å². The molecule has 1 aromatic carbocycles. The second-order valence-corrected chi connectivity index (χ2v) is 7.90. The fraction of sp³-hybridized carbons (Fsp3) is 0.250. The molecule has 1 aliphatic heterocycles. The van der Waals surface area contributed by atoms with E-state index in [2.05, 4.69) is 45.9 Å². The molecule has 7 heteroatoms. The first-order chi connectivity index (χ1) is 15.1. The number of hydrogen-bond acceptors (Lipinski definition) is 7. The molecule has 0 spiro atoms. The molecule has 0 saturated heterocycles. The molecule has 1 aromatic heterocycles.